The molecule has 30 heavy (non-hydrogen) atoms. The van der Waals surface area contributed by atoms with Gasteiger partial charge in [-0.25, -0.2) is 13.2 Å². The number of rotatable bonds is 7. The molecular weight excluding hydrogens is 414 g/mol. The lowest BCUT2D eigenvalue weighted by Crippen LogP contribution is -2.36. The zero-order chi connectivity index (χ0) is 22.1. The van der Waals surface area contributed by atoms with Crippen molar-refractivity contribution in [3.05, 3.63) is 64.1 Å². The van der Waals surface area contributed by atoms with Crippen LogP contribution in [0.25, 0.3) is 0 Å². The minimum atomic E-state index is -3.85. The van der Waals surface area contributed by atoms with Gasteiger partial charge in [-0.3, -0.25) is 14.4 Å². The summed E-state index contributed by atoms with van der Waals surface area (Å²) in [5, 5.41) is 0.328. The summed E-state index contributed by atoms with van der Waals surface area (Å²) in [6, 6.07) is 8.16. The summed E-state index contributed by atoms with van der Waals surface area (Å²) in [5.41, 5.74) is -0.452. The number of carbonyl (C=O) groups excluding carboxylic acids is 3. The predicted molar refractivity (Wildman–Crippen MR) is 104 cm³/mol. The average Bonchev–Trinajstić information content (AvgIpc) is 2.95. The maximum absolute atomic E-state index is 12.6. The molecule has 158 valence electrons. The van der Waals surface area contributed by atoms with Gasteiger partial charge in [-0.2, -0.15) is 4.31 Å². The topological polar surface area (TPSA) is 123 Å². The Morgan fingerprint density at radius 1 is 0.967 bits per heavy atom. The number of carbonyl (C=O) groups is 3. The lowest BCUT2D eigenvalue weighted by molar-refractivity contribution is -0.169. The zero-order valence-corrected chi connectivity index (χ0v) is 17.1. The van der Waals surface area contributed by atoms with Gasteiger partial charge >= 0.3 is 5.97 Å². The van der Waals surface area contributed by atoms with E-state index in [9.17, 15) is 27.6 Å². The van der Waals surface area contributed by atoms with Gasteiger partial charge in [0.1, 0.15) is 6.54 Å². The summed E-state index contributed by atoms with van der Waals surface area (Å²) >= 11 is 0. The van der Waals surface area contributed by atoms with Crippen molar-refractivity contribution in [2.75, 3.05) is 13.1 Å². The molecule has 3 rings (SSSR count). The van der Waals surface area contributed by atoms with Gasteiger partial charge in [0.15, 0.2) is 0 Å². The highest BCUT2D eigenvalue weighted by molar-refractivity contribution is 7.89. The summed E-state index contributed by atoms with van der Waals surface area (Å²) in [4.78, 5) is 53.6. The van der Waals surface area contributed by atoms with Crippen LogP contribution in [-0.4, -0.2) is 53.2 Å². The van der Waals surface area contributed by atoms with Crippen molar-refractivity contribution in [3.63, 3.8) is 0 Å². The number of hydroxylamine groups is 2. The van der Waals surface area contributed by atoms with E-state index in [4.69, 9.17) is 4.84 Å². The molecule has 0 unspecified atom stereocenters. The molecule has 0 saturated heterocycles. The maximum atomic E-state index is 12.6. The normalized spacial score (nSPS) is 13.6. The molecule has 1 aliphatic rings. The van der Waals surface area contributed by atoms with E-state index in [1.165, 1.54) is 16.4 Å². The van der Waals surface area contributed by atoms with Gasteiger partial charge in [-0.1, -0.05) is 31.0 Å². The van der Waals surface area contributed by atoms with E-state index in [2.05, 4.69) is 0 Å². The monoisotopic (exact) mass is 433 g/mol. The van der Waals surface area contributed by atoms with Crippen LogP contribution in [0.2, 0.25) is 0 Å². The fourth-order valence-corrected chi connectivity index (χ4v) is 4.50. The number of imide groups is 1. The Bertz CT molecular complexity index is 1150. The van der Waals surface area contributed by atoms with Crippen LogP contribution in [0.15, 0.2) is 52.3 Å². The Morgan fingerprint density at radius 3 is 2.07 bits per heavy atom. The van der Waals surface area contributed by atoms with Crippen LogP contribution in [0.3, 0.4) is 0 Å². The zero-order valence-electron chi connectivity index (χ0n) is 16.3. The first-order valence-corrected chi connectivity index (χ1v) is 10.5. The number of sulfonamides is 1. The second-order valence-electron chi connectivity index (χ2n) is 6.33. The first kappa shape index (κ1) is 21.4. The molecule has 11 heteroatoms. The van der Waals surface area contributed by atoms with Crippen LogP contribution in [-0.2, 0) is 26.2 Å². The summed E-state index contributed by atoms with van der Waals surface area (Å²) < 4.78 is 27.3. The number of hydrogen-bond donors (Lipinski definition) is 0. The SMILES string of the molecule is CCN(CC)S(=O)(=O)c1ccc(=O)n(CC(=O)ON2C(=O)c3ccccc3C2=O)c1. The molecule has 0 atom stereocenters. The molecule has 0 fully saturated rings. The highest BCUT2D eigenvalue weighted by Gasteiger charge is 2.38. The van der Waals surface area contributed by atoms with E-state index >= 15 is 0 Å². The highest BCUT2D eigenvalue weighted by atomic mass is 32.2. The Balaban J connectivity index is 1.81. The van der Waals surface area contributed by atoms with E-state index in [-0.39, 0.29) is 29.1 Å². The molecule has 2 aromatic rings. The minimum absolute atomic E-state index is 0.0970. The second-order valence-corrected chi connectivity index (χ2v) is 8.27. The van der Waals surface area contributed by atoms with Crippen LogP contribution in [0, 0.1) is 0 Å². The van der Waals surface area contributed by atoms with Crippen molar-refractivity contribution in [1.82, 2.24) is 13.9 Å². The number of benzene rings is 1. The van der Waals surface area contributed by atoms with Crippen LogP contribution in [0.5, 0.6) is 0 Å². The summed E-state index contributed by atoms with van der Waals surface area (Å²) in [6.07, 6.45) is 1.03. The van der Waals surface area contributed by atoms with E-state index in [0.29, 0.717) is 5.06 Å². The molecule has 0 radical (unpaired) electrons. The number of pyridine rings is 1. The summed E-state index contributed by atoms with van der Waals surface area (Å²) in [5.74, 6) is -2.67. The Kier molecular flexibility index (Phi) is 5.85. The highest BCUT2D eigenvalue weighted by Crippen LogP contribution is 2.22. The minimum Gasteiger partial charge on any atom is -0.328 e. The number of hydrogen-bond acceptors (Lipinski definition) is 7. The lowest BCUT2D eigenvalue weighted by atomic mass is 10.1. The summed E-state index contributed by atoms with van der Waals surface area (Å²) in [6.45, 7) is 3.14. The van der Waals surface area contributed by atoms with Crippen LogP contribution in [0.4, 0.5) is 0 Å². The molecule has 2 amide bonds. The van der Waals surface area contributed by atoms with Crippen molar-refractivity contribution in [1.29, 1.82) is 0 Å². The van der Waals surface area contributed by atoms with Gasteiger partial charge in [0, 0.05) is 25.4 Å². The quantitative estimate of drug-likeness (QED) is 0.587. The molecule has 0 spiro atoms. The molecule has 1 aliphatic heterocycles. The van der Waals surface area contributed by atoms with Crippen molar-refractivity contribution in [2.24, 2.45) is 0 Å². The van der Waals surface area contributed by atoms with Gasteiger partial charge in [0.25, 0.3) is 17.4 Å². The van der Waals surface area contributed by atoms with Gasteiger partial charge < -0.3 is 9.40 Å². The van der Waals surface area contributed by atoms with Gasteiger partial charge in [-0.15, -0.1) is 0 Å². The van der Waals surface area contributed by atoms with Crippen LogP contribution in [0.1, 0.15) is 34.6 Å². The smallest absolute Gasteiger partial charge is 0.328 e. The van der Waals surface area contributed by atoms with E-state index in [0.717, 1.165) is 22.9 Å². The fourth-order valence-electron chi connectivity index (χ4n) is 3.02. The molecular formula is C19H19N3O7S. The van der Waals surface area contributed by atoms with Crippen molar-refractivity contribution in [2.45, 2.75) is 25.3 Å². The van der Waals surface area contributed by atoms with Crippen molar-refractivity contribution in [3.8, 4) is 0 Å². The van der Waals surface area contributed by atoms with Gasteiger partial charge in [0.2, 0.25) is 10.0 Å². The standard InChI is InChI=1S/C19H19N3O7S/c1-3-21(4-2)30(27,28)13-9-10-16(23)20(11-13)12-17(24)29-22-18(25)14-7-5-6-8-15(14)19(22)26/h5-11H,3-4,12H2,1-2H3. The number of nitrogens with zero attached hydrogens (tertiary/aromatic N) is 3. The lowest BCUT2D eigenvalue weighted by Gasteiger charge is -2.19. The third-order valence-electron chi connectivity index (χ3n) is 4.55. The number of fused-ring (bicyclic) bond motifs is 1. The van der Waals surface area contributed by atoms with Gasteiger partial charge in [0.05, 0.1) is 16.0 Å². The molecule has 1 aromatic carbocycles. The first-order chi connectivity index (χ1) is 14.2. The Hall–Kier alpha value is -3.31. The maximum Gasteiger partial charge on any atom is 0.352 e. The predicted octanol–water partition coefficient (Wildman–Crippen LogP) is 0.633. The molecule has 0 N–H and O–H groups in total. The third-order valence-corrected chi connectivity index (χ3v) is 6.58. The van der Waals surface area contributed by atoms with E-state index in [1.807, 2.05) is 0 Å². The molecule has 1 aromatic heterocycles. The van der Waals surface area contributed by atoms with Gasteiger partial charge in [-0.05, 0) is 18.2 Å². The molecule has 0 bridgehead atoms. The Morgan fingerprint density at radius 2 is 1.53 bits per heavy atom. The molecule has 10 nitrogen and oxygen atoms in total. The third kappa shape index (κ3) is 3.76. The number of aromatic nitrogens is 1. The second kappa shape index (κ2) is 8.20. The van der Waals surface area contributed by atoms with E-state index in [1.54, 1.807) is 26.0 Å². The van der Waals surface area contributed by atoms with E-state index < -0.39 is 39.9 Å². The summed E-state index contributed by atoms with van der Waals surface area (Å²) in [7, 11) is -3.85. The largest absolute Gasteiger partial charge is 0.352 e. The average molecular weight is 433 g/mol. The molecule has 0 saturated carbocycles. The molecule has 0 aliphatic carbocycles. The van der Waals surface area contributed by atoms with Crippen molar-refractivity contribution < 1.29 is 27.6 Å². The number of amides is 2. The fraction of sp³-hybridized carbons (Fsp3) is 0.263. The van der Waals surface area contributed by atoms with Crippen LogP contribution >= 0.6 is 0 Å². The van der Waals surface area contributed by atoms with Crippen molar-refractivity contribution >= 4 is 27.8 Å². The Labute approximate surface area is 172 Å². The first-order valence-electron chi connectivity index (χ1n) is 9.10. The molecule has 2 heterocycles. The van der Waals surface area contributed by atoms with Crippen LogP contribution < -0.4 is 5.56 Å².